The fraction of sp³-hybridized carbons (Fsp3) is 0.273. The smallest absolute Gasteiger partial charge is 0.352 e. The highest BCUT2D eigenvalue weighted by Crippen LogP contribution is 2.40. The molecule has 0 bridgehead atoms. The Morgan fingerprint density at radius 3 is 2.66 bits per heavy atom. The summed E-state index contributed by atoms with van der Waals surface area (Å²) in [5, 5.41) is 13.7. The minimum atomic E-state index is -1.28. The summed E-state index contributed by atoms with van der Waals surface area (Å²) in [6.45, 7) is 0.746. The molecule has 2 heterocycles. The van der Waals surface area contributed by atoms with E-state index in [-0.39, 0.29) is 24.7 Å². The largest absolute Gasteiger partial charge is 0.484 e. The van der Waals surface area contributed by atoms with Crippen LogP contribution in [-0.4, -0.2) is 64.1 Å². The predicted molar refractivity (Wildman–Crippen MR) is 116 cm³/mol. The maximum Gasteiger partial charge on any atom is 0.352 e. The number of ether oxygens (including phenoxy) is 2. The number of carbonyl (C=O) groups excluding carboxylic acids is 3. The molecule has 0 unspecified atom stereocenters. The van der Waals surface area contributed by atoms with Crippen molar-refractivity contribution in [3.63, 3.8) is 0 Å². The fourth-order valence-electron chi connectivity index (χ4n) is 3.60. The number of carboxylic acid groups (broad SMARTS) is 1. The van der Waals surface area contributed by atoms with Crippen LogP contribution in [0, 0.1) is 0 Å². The number of amides is 2. The van der Waals surface area contributed by atoms with E-state index in [1.165, 1.54) is 18.7 Å². The maximum absolute atomic E-state index is 12.6. The van der Waals surface area contributed by atoms with Gasteiger partial charge in [0.1, 0.15) is 29.5 Å². The first kappa shape index (κ1) is 21.7. The van der Waals surface area contributed by atoms with E-state index >= 15 is 0 Å². The minimum Gasteiger partial charge on any atom is -0.484 e. The van der Waals surface area contributed by atoms with E-state index in [4.69, 9.17) is 9.47 Å². The van der Waals surface area contributed by atoms with Crippen LogP contribution in [0.2, 0.25) is 0 Å². The number of hydrogen-bond donors (Lipinski definition) is 2. The Kier molecular flexibility index (Phi) is 6.04. The van der Waals surface area contributed by atoms with E-state index in [1.807, 2.05) is 36.4 Å². The van der Waals surface area contributed by atoms with Gasteiger partial charge in [0.05, 0.1) is 0 Å². The van der Waals surface area contributed by atoms with Gasteiger partial charge in [-0.05, 0) is 22.9 Å². The van der Waals surface area contributed by atoms with Gasteiger partial charge in [-0.1, -0.05) is 30.3 Å². The van der Waals surface area contributed by atoms with E-state index in [2.05, 4.69) is 5.32 Å². The van der Waals surface area contributed by atoms with Gasteiger partial charge in [0.2, 0.25) is 0 Å². The van der Waals surface area contributed by atoms with Crippen LogP contribution in [0.25, 0.3) is 10.8 Å². The second kappa shape index (κ2) is 8.91. The lowest BCUT2D eigenvalue weighted by Gasteiger charge is -2.49. The van der Waals surface area contributed by atoms with Crippen molar-refractivity contribution in [2.75, 3.05) is 19.0 Å². The molecule has 9 nitrogen and oxygen atoms in total. The molecule has 4 rings (SSSR count). The Hall–Kier alpha value is -3.53. The molecule has 2 aliphatic heterocycles. The van der Waals surface area contributed by atoms with Crippen molar-refractivity contribution in [1.82, 2.24) is 10.2 Å². The summed E-state index contributed by atoms with van der Waals surface area (Å²) >= 11 is 1.30. The van der Waals surface area contributed by atoms with E-state index in [9.17, 15) is 24.3 Å². The Balaban J connectivity index is 1.37. The van der Waals surface area contributed by atoms with Crippen LogP contribution in [0.3, 0.4) is 0 Å². The molecule has 10 heteroatoms. The number of fused-ring (bicyclic) bond motifs is 2. The maximum atomic E-state index is 12.6. The van der Waals surface area contributed by atoms with Gasteiger partial charge in [0, 0.05) is 18.2 Å². The zero-order valence-electron chi connectivity index (χ0n) is 17.1. The van der Waals surface area contributed by atoms with Crippen molar-refractivity contribution < 1.29 is 33.8 Å². The molecule has 0 spiro atoms. The number of hydrogen-bond acceptors (Lipinski definition) is 7. The number of benzene rings is 2. The third-order valence-corrected chi connectivity index (χ3v) is 6.45. The third-order valence-electron chi connectivity index (χ3n) is 5.11. The number of nitrogens with zero attached hydrogens (tertiary/aromatic N) is 1. The van der Waals surface area contributed by atoms with Crippen molar-refractivity contribution in [3.8, 4) is 5.75 Å². The molecule has 0 radical (unpaired) electrons. The number of carboxylic acids is 1. The van der Waals surface area contributed by atoms with Gasteiger partial charge in [-0.3, -0.25) is 19.3 Å². The van der Waals surface area contributed by atoms with E-state index < -0.39 is 35.2 Å². The van der Waals surface area contributed by atoms with Crippen molar-refractivity contribution in [1.29, 1.82) is 0 Å². The van der Waals surface area contributed by atoms with Crippen LogP contribution in [0.15, 0.2) is 53.7 Å². The number of aliphatic carboxylic acids is 1. The molecule has 32 heavy (non-hydrogen) atoms. The van der Waals surface area contributed by atoms with E-state index in [0.29, 0.717) is 11.3 Å². The average molecular weight is 456 g/mol. The lowest BCUT2D eigenvalue weighted by molar-refractivity contribution is -0.151. The highest BCUT2D eigenvalue weighted by atomic mass is 32.2. The summed E-state index contributed by atoms with van der Waals surface area (Å²) in [4.78, 5) is 48.9. The average Bonchev–Trinajstić information content (AvgIpc) is 2.78. The predicted octanol–water partition coefficient (Wildman–Crippen LogP) is 1.52. The molecule has 2 aliphatic rings. The summed E-state index contributed by atoms with van der Waals surface area (Å²) in [5.74, 6) is -2.04. The first-order valence-corrected chi connectivity index (χ1v) is 10.8. The molecule has 0 saturated carbocycles. The quantitative estimate of drug-likeness (QED) is 0.475. The number of thioether (sulfide) groups is 1. The van der Waals surface area contributed by atoms with Crippen LogP contribution in [-0.2, 0) is 23.9 Å². The summed E-state index contributed by atoms with van der Waals surface area (Å²) in [5.41, 5.74) is 0.143. The Bertz CT molecular complexity index is 1150. The lowest BCUT2D eigenvalue weighted by atomic mass is 10.0. The van der Waals surface area contributed by atoms with Crippen molar-refractivity contribution >= 4 is 46.3 Å². The zero-order valence-corrected chi connectivity index (χ0v) is 17.9. The summed E-state index contributed by atoms with van der Waals surface area (Å²) in [7, 11) is 0. The van der Waals surface area contributed by atoms with Gasteiger partial charge in [0.25, 0.3) is 11.8 Å². The van der Waals surface area contributed by atoms with Crippen LogP contribution >= 0.6 is 11.8 Å². The minimum absolute atomic E-state index is 0.196. The van der Waals surface area contributed by atoms with Gasteiger partial charge in [-0.25, -0.2) is 4.79 Å². The monoisotopic (exact) mass is 456 g/mol. The molecule has 2 aromatic rings. The first-order valence-electron chi connectivity index (χ1n) is 9.79. The standard InChI is InChI=1S/C22H20N2O7S/c1-12(25)30-9-15-11-32-21-18(20(27)24(21)19(15)22(28)29)23-17(26)10-31-16-7-6-13-4-2-3-5-14(13)8-16/h2-8,18,21H,9-11H2,1H3,(H,23,26)(H,28,29)/t18-,21-/m1/s1. The first-order chi connectivity index (χ1) is 15.3. The molecule has 2 aromatic carbocycles. The van der Waals surface area contributed by atoms with Gasteiger partial charge >= 0.3 is 11.9 Å². The fourth-order valence-corrected chi connectivity index (χ4v) is 4.93. The van der Waals surface area contributed by atoms with Crippen LogP contribution in [0.1, 0.15) is 6.92 Å². The van der Waals surface area contributed by atoms with Crippen LogP contribution < -0.4 is 10.1 Å². The topological polar surface area (TPSA) is 122 Å². The molecule has 0 aromatic heterocycles. The highest BCUT2D eigenvalue weighted by Gasteiger charge is 2.54. The summed E-state index contributed by atoms with van der Waals surface area (Å²) in [6, 6.07) is 12.4. The Morgan fingerprint density at radius 1 is 1.19 bits per heavy atom. The normalized spacial score (nSPS) is 19.8. The molecule has 2 atom stereocenters. The van der Waals surface area contributed by atoms with Crippen LogP contribution in [0.5, 0.6) is 5.75 Å². The number of β-lactam (4-membered cyclic amide) rings is 1. The highest BCUT2D eigenvalue weighted by molar-refractivity contribution is 8.00. The Morgan fingerprint density at radius 2 is 1.94 bits per heavy atom. The van der Waals surface area contributed by atoms with Gasteiger partial charge in [-0.2, -0.15) is 0 Å². The van der Waals surface area contributed by atoms with E-state index in [0.717, 1.165) is 15.7 Å². The zero-order chi connectivity index (χ0) is 22.8. The lowest BCUT2D eigenvalue weighted by Crippen LogP contribution is -2.71. The number of carbonyl (C=O) groups is 4. The molecule has 2 N–H and O–H groups in total. The van der Waals surface area contributed by atoms with E-state index in [1.54, 1.807) is 6.07 Å². The number of rotatable bonds is 7. The van der Waals surface area contributed by atoms with Crippen molar-refractivity contribution in [2.24, 2.45) is 0 Å². The number of esters is 1. The van der Waals surface area contributed by atoms with Crippen molar-refractivity contribution in [2.45, 2.75) is 18.3 Å². The molecular weight excluding hydrogens is 436 g/mol. The second-order valence-corrected chi connectivity index (χ2v) is 8.40. The SMILES string of the molecule is CC(=O)OCC1=C(C(=O)O)N2C(=O)[C@@H](NC(=O)COc3ccc4ccccc4c3)[C@H]2SC1. The second-order valence-electron chi connectivity index (χ2n) is 7.29. The molecule has 166 valence electrons. The summed E-state index contributed by atoms with van der Waals surface area (Å²) in [6.07, 6.45) is 0. The van der Waals surface area contributed by atoms with Crippen LogP contribution in [0.4, 0.5) is 0 Å². The molecular formula is C22H20N2O7S. The van der Waals surface area contributed by atoms with Crippen molar-refractivity contribution in [3.05, 3.63) is 53.7 Å². The molecule has 0 aliphatic carbocycles. The van der Waals surface area contributed by atoms with Gasteiger partial charge in [0.15, 0.2) is 6.61 Å². The van der Waals surface area contributed by atoms with Gasteiger partial charge < -0.3 is 19.9 Å². The number of nitrogens with one attached hydrogen (secondary N) is 1. The molecule has 1 saturated heterocycles. The molecule has 2 amide bonds. The summed E-state index contributed by atoms with van der Waals surface area (Å²) < 4.78 is 10.5. The van der Waals surface area contributed by atoms with Gasteiger partial charge in [-0.15, -0.1) is 11.8 Å². The molecule has 1 fully saturated rings. The third kappa shape index (κ3) is 4.26. The Labute approximate surface area is 187 Å².